The molecule has 0 atom stereocenters. The van der Waals surface area contributed by atoms with Gasteiger partial charge in [-0.3, -0.25) is 9.48 Å². The predicted molar refractivity (Wildman–Crippen MR) is 73.7 cm³/mol. The van der Waals surface area contributed by atoms with E-state index >= 15 is 0 Å². The van der Waals surface area contributed by atoms with Gasteiger partial charge in [0.25, 0.3) is 5.91 Å². The van der Waals surface area contributed by atoms with E-state index in [-0.39, 0.29) is 11.7 Å². The van der Waals surface area contributed by atoms with Crippen molar-refractivity contribution in [3.63, 3.8) is 0 Å². The minimum Gasteiger partial charge on any atom is -0.435 e. The van der Waals surface area contributed by atoms with Crippen LogP contribution in [0, 0.1) is 13.8 Å². The molecule has 0 saturated heterocycles. The highest BCUT2D eigenvalue weighted by atomic mass is 19.3. The first-order valence-electron chi connectivity index (χ1n) is 6.24. The van der Waals surface area contributed by atoms with Crippen LogP contribution in [0.5, 0.6) is 5.75 Å². The second-order valence-corrected chi connectivity index (χ2v) is 4.60. The molecule has 0 fully saturated rings. The summed E-state index contributed by atoms with van der Waals surface area (Å²) in [6.45, 7) is 0.657. The van der Waals surface area contributed by atoms with Crippen LogP contribution in [0.15, 0.2) is 24.3 Å². The number of rotatable bonds is 4. The molecular weight excluding hydrogens is 280 g/mol. The third-order valence-electron chi connectivity index (χ3n) is 3.02. The Labute approximate surface area is 120 Å². The van der Waals surface area contributed by atoms with Gasteiger partial charge in [0.15, 0.2) is 5.69 Å². The Balaban J connectivity index is 2.14. The van der Waals surface area contributed by atoms with Crippen molar-refractivity contribution in [1.82, 2.24) is 9.78 Å². The van der Waals surface area contributed by atoms with Gasteiger partial charge in [-0.25, -0.2) is 0 Å². The molecule has 1 amide bonds. The molecular formula is C14H15F2N3O2. The molecule has 1 N–H and O–H groups in total. The molecule has 21 heavy (non-hydrogen) atoms. The zero-order valence-corrected chi connectivity index (χ0v) is 11.9. The maximum Gasteiger partial charge on any atom is 0.387 e. The monoisotopic (exact) mass is 295 g/mol. The molecule has 0 aliphatic rings. The van der Waals surface area contributed by atoms with Gasteiger partial charge in [0, 0.05) is 18.4 Å². The molecule has 0 saturated carbocycles. The Hall–Kier alpha value is -2.44. The minimum atomic E-state index is -2.87. The number of carbonyl (C=O) groups is 1. The molecule has 1 aromatic heterocycles. The van der Waals surface area contributed by atoms with Crippen molar-refractivity contribution < 1.29 is 18.3 Å². The van der Waals surface area contributed by atoms with Crippen molar-refractivity contribution in [2.45, 2.75) is 20.5 Å². The number of anilines is 1. The van der Waals surface area contributed by atoms with E-state index < -0.39 is 6.61 Å². The Morgan fingerprint density at radius 3 is 2.57 bits per heavy atom. The zero-order valence-electron chi connectivity index (χ0n) is 11.9. The van der Waals surface area contributed by atoms with E-state index in [9.17, 15) is 13.6 Å². The molecule has 2 rings (SSSR count). The Morgan fingerprint density at radius 2 is 2.05 bits per heavy atom. The SMILES string of the molecule is Cc1cc(OC(F)F)ccc1NC(=O)c1cc(C)n(C)n1. The fraction of sp³-hybridized carbons (Fsp3) is 0.286. The molecule has 5 nitrogen and oxygen atoms in total. The Bertz CT molecular complexity index is 649. The lowest BCUT2D eigenvalue weighted by molar-refractivity contribution is -0.0498. The summed E-state index contributed by atoms with van der Waals surface area (Å²) in [4.78, 5) is 12.1. The van der Waals surface area contributed by atoms with Gasteiger partial charge in [-0.05, 0) is 43.7 Å². The highest BCUT2D eigenvalue weighted by Crippen LogP contribution is 2.23. The Morgan fingerprint density at radius 1 is 1.33 bits per heavy atom. The van der Waals surface area contributed by atoms with E-state index in [0.29, 0.717) is 16.9 Å². The summed E-state index contributed by atoms with van der Waals surface area (Å²) in [5.41, 5.74) is 2.29. The number of aromatic nitrogens is 2. The van der Waals surface area contributed by atoms with Crippen LogP contribution in [-0.4, -0.2) is 22.3 Å². The van der Waals surface area contributed by atoms with Crippen LogP contribution in [0.3, 0.4) is 0 Å². The van der Waals surface area contributed by atoms with Crippen LogP contribution in [0.2, 0.25) is 0 Å². The number of amides is 1. The fourth-order valence-electron chi connectivity index (χ4n) is 1.81. The maximum absolute atomic E-state index is 12.1. The van der Waals surface area contributed by atoms with Gasteiger partial charge in [0.05, 0.1) is 0 Å². The largest absolute Gasteiger partial charge is 0.435 e. The number of benzene rings is 1. The quantitative estimate of drug-likeness (QED) is 0.943. The molecule has 0 aliphatic carbocycles. The molecule has 1 aromatic carbocycles. The van der Waals surface area contributed by atoms with E-state index in [1.54, 1.807) is 24.7 Å². The first-order valence-corrected chi connectivity index (χ1v) is 6.24. The fourth-order valence-corrected chi connectivity index (χ4v) is 1.81. The number of halogens is 2. The summed E-state index contributed by atoms with van der Waals surface area (Å²) in [5.74, 6) is -0.307. The van der Waals surface area contributed by atoms with Gasteiger partial charge < -0.3 is 10.1 Å². The lowest BCUT2D eigenvalue weighted by Gasteiger charge is -2.10. The summed E-state index contributed by atoms with van der Waals surface area (Å²) in [7, 11) is 1.74. The smallest absolute Gasteiger partial charge is 0.387 e. The standard InChI is InChI=1S/C14H15F2N3O2/c1-8-6-10(21-14(15)16)4-5-11(8)17-13(20)12-7-9(2)19(3)18-12/h4-7,14H,1-3H3,(H,17,20). The minimum absolute atomic E-state index is 0.0502. The molecule has 1 heterocycles. The van der Waals surface area contributed by atoms with E-state index in [4.69, 9.17) is 0 Å². The molecule has 0 aliphatic heterocycles. The van der Waals surface area contributed by atoms with Crippen LogP contribution in [0.4, 0.5) is 14.5 Å². The molecule has 0 radical (unpaired) electrons. The number of hydrogen-bond donors (Lipinski definition) is 1. The van der Waals surface area contributed by atoms with Gasteiger partial charge in [-0.15, -0.1) is 0 Å². The van der Waals surface area contributed by atoms with Crippen molar-refractivity contribution in [2.24, 2.45) is 7.05 Å². The van der Waals surface area contributed by atoms with Gasteiger partial charge >= 0.3 is 6.61 Å². The predicted octanol–water partition coefficient (Wildman–Crippen LogP) is 2.89. The highest BCUT2D eigenvalue weighted by Gasteiger charge is 2.13. The van der Waals surface area contributed by atoms with Gasteiger partial charge in [0.1, 0.15) is 5.75 Å². The summed E-state index contributed by atoms with van der Waals surface area (Å²) >= 11 is 0. The first kappa shape index (κ1) is 15.0. The van der Waals surface area contributed by atoms with Gasteiger partial charge in [-0.2, -0.15) is 13.9 Å². The molecule has 0 spiro atoms. The van der Waals surface area contributed by atoms with Crippen LogP contribution in [0.1, 0.15) is 21.7 Å². The average molecular weight is 295 g/mol. The first-order chi connectivity index (χ1) is 9.86. The molecule has 0 unspecified atom stereocenters. The van der Waals surface area contributed by atoms with Gasteiger partial charge in [0.2, 0.25) is 0 Å². The third kappa shape index (κ3) is 3.56. The number of ether oxygens (including phenoxy) is 1. The number of nitrogens with one attached hydrogen (secondary N) is 1. The topological polar surface area (TPSA) is 56.1 Å². The lowest BCUT2D eigenvalue weighted by Crippen LogP contribution is -2.14. The van der Waals surface area contributed by atoms with Crippen LogP contribution >= 0.6 is 0 Å². The van der Waals surface area contributed by atoms with Crippen LogP contribution in [-0.2, 0) is 7.05 Å². The number of hydrogen-bond acceptors (Lipinski definition) is 3. The summed E-state index contributed by atoms with van der Waals surface area (Å²) < 4.78 is 30.1. The molecule has 7 heteroatoms. The summed E-state index contributed by atoms with van der Waals surface area (Å²) in [5, 5.41) is 6.76. The number of nitrogens with zero attached hydrogens (tertiary/aromatic N) is 2. The molecule has 0 bridgehead atoms. The second-order valence-electron chi connectivity index (χ2n) is 4.60. The number of aryl methyl sites for hydroxylation is 3. The van der Waals surface area contributed by atoms with Crippen molar-refractivity contribution in [2.75, 3.05) is 5.32 Å². The van der Waals surface area contributed by atoms with E-state index in [1.807, 2.05) is 6.92 Å². The highest BCUT2D eigenvalue weighted by molar-refractivity contribution is 6.03. The van der Waals surface area contributed by atoms with E-state index in [2.05, 4.69) is 15.2 Å². The van der Waals surface area contributed by atoms with Crippen molar-refractivity contribution in [3.8, 4) is 5.75 Å². The average Bonchev–Trinajstić information content (AvgIpc) is 2.72. The zero-order chi connectivity index (χ0) is 15.6. The van der Waals surface area contributed by atoms with Crippen molar-refractivity contribution in [3.05, 3.63) is 41.2 Å². The maximum atomic E-state index is 12.1. The second kappa shape index (κ2) is 5.90. The van der Waals surface area contributed by atoms with Gasteiger partial charge in [-0.1, -0.05) is 0 Å². The number of alkyl halides is 2. The number of carbonyl (C=O) groups excluding carboxylic acids is 1. The van der Waals surface area contributed by atoms with Crippen molar-refractivity contribution >= 4 is 11.6 Å². The van der Waals surface area contributed by atoms with Crippen molar-refractivity contribution in [1.29, 1.82) is 0 Å². The summed E-state index contributed by atoms with van der Waals surface area (Å²) in [6.07, 6.45) is 0. The molecule has 112 valence electrons. The lowest BCUT2D eigenvalue weighted by atomic mass is 10.2. The van der Waals surface area contributed by atoms with Crippen LogP contribution < -0.4 is 10.1 Å². The molecule has 2 aromatic rings. The van der Waals surface area contributed by atoms with Crippen LogP contribution in [0.25, 0.3) is 0 Å². The Kier molecular flexibility index (Phi) is 4.21. The van der Waals surface area contributed by atoms with E-state index in [1.165, 1.54) is 18.2 Å². The van der Waals surface area contributed by atoms with E-state index in [0.717, 1.165) is 5.69 Å². The normalized spacial score (nSPS) is 10.8. The summed E-state index contributed by atoms with van der Waals surface area (Å²) in [6, 6.07) is 5.99. The third-order valence-corrected chi connectivity index (χ3v) is 3.02.